The molecule has 5 atom stereocenters. The molecule has 2 aliphatic rings. The Kier molecular flexibility index (Phi) is 2.55. The quantitative estimate of drug-likeness (QED) is 0.678. The van der Waals surface area contributed by atoms with E-state index in [1.807, 2.05) is 13.8 Å². The average molecular weight is 228 g/mol. The van der Waals surface area contributed by atoms with Crippen LogP contribution in [0.3, 0.4) is 0 Å². The summed E-state index contributed by atoms with van der Waals surface area (Å²) in [7, 11) is 0. The van der Waals surface area contributed by atoms with Gasteiger partial charge in [-0.1, -0.05) is 20.3 Å². The number of aliphatic hydroxyl groups is 2. The molecule has 0 radical (unpaired) electrons. The molecule has 0 aromatic carbocycles. The zero-order valence-electron chi connectivity index (χ0n) is 10.1. The molecule has 0 spiro atoms. The van der Waals surface area contributed by atoms with E-state index in [-0.39, 0.29) is 24.4 Å². The van der Waals surface area contributed by atoms with Gasteiger partial charge in [0, 0.05) is 12.0 Å². The van der Waals surface area contributed by atoms with E-state index >= 15 is 0 Å². The van der Waals surface area contributed by atoms with Gasteiger partial charge in [0.2, 0.25) is 0 Å². The first kappa shape index (κ1) is 11.9. The second kappa shape index (κ2) is 3.44. The number of ether oxygens (including phenoxy) is 1. The van der Waals surface area contributed by atoms with Crippen molar-refractivity contribution in [3.8, 4) is 0 Å². The van der Waals surface area contributed by atoms with Crippen molar-refractivity contribution in [3.63, 3.8) is 0 Å². The largest absolute Gasteiger partial charge is 0.465 e. The summed E-state index contributed by atoms with van der Waals surface area (Å²) < 4.78 is 5.11. The molecule has 1 aliphatic carbocycles. The third-order valence-electron chi connectivity index (χ3n) is 5.11. The van der Waals surface area contributed by atoms with Crippen LogP contribution in [0, 0.1) is 22.7 Å². The first-order valence-electron chi connectivity index (χ1n) is 5.89. The van der Waals surface area contributed by atoms with Crippen LogP contribution < -0.4 is 0 Å². The Labute approximate surface area is 95.6 Å². The molecule has 1 saturated carbocycles. The minimum absolute atomic E-state index is 0.00169. The van der Waals surface area contributed by atoms with Crippen molar-refractivity contribution in [2.75, 3.05) is 13.2 Å². The predicted octanol–water partition coefficient (Wildman–Crippen LogP) is 0.565. The summed E-state index contributed by atoms with van der Waals surface area (Å²) >= 11 is 0. The van der Waals surface area contributed by atoms with Crippen LogP contribution in [-0.4, -0.2) is 35.5 Å². The first-order valence-corrected chi connectivity index (χ1v) is 5.89. The Morgan fingerprint density at radius 2 is 2.12 bits per heavy atom. The van der Waals surface area contributed by atoms with Crippen LogP contribution in [0.1, 0.15) is 27.2 Å². The lowest BCUT2D eigenvalue weighted by Crippen LogP contribution is -2.43. The summed E-state index contributed by atoms with van der Waals surface area (Å²) in [5, 5.41) is 19.9. The maximum absolute atomic E-state index is 11.9. The van der Waals surface area contributed by atoms with Gasteiger partial charge in [-0.25, -0.2) is 0 Å². The fraction of sp³-hybridized carbons (Fsp3) is 0.917. The molecule has 4 heteroatoms. The van der Waals surface area contributed by atoms with Crippen molar-refractivity contribution in [1.29, 1.82) is 0 Å². The molecular formula is C12H20O4. The molecule has 3 unspecified atom stereocenters. The smallest absolute Gasteiger partial charge is 0.315 e. The van der Waals surface area contributed by atoms with E-state index in [4.69, 9.17) is 4.74 Å². The zero-order valence-corrected chi connectivity index (χ0v) is 10.1. The number of hydrogen-bond acceptors (Lipinski definition) is 4. The lowest BCUT2D eigenvalue weighted by Gasteiger charge is -2.33. The molecule has 2 rings (SSSR count). The minimum Gasteiger partial charge on any atom is -0.465 e. The van der Waals surface area contributed by atoms with Crippen LogP contribution in [0.25, 0.3) is 0 Å². The predicted molar refractivity (Wildman–Crippen MR) is 57.5 cm³/mol. The van der Waals surface area contributed by atoms with Crippen molar-refractivity contribution in [2.45, 2.75) is 33.3 Å². The summed E-state index contributed by atoms with van der Waals surface area (Å²) in [6.07, 6.45) is 0.0554. The number of aliphatic hydroxyl groups excluding tert-OH is 2. The lowest BCUT2D eigenvalue weighted by molar-refractivity contribution is -0.151. The second-order valence-corrected chi connectivity index (χ2v) is 5.50. The number of cyclic esters (lactones) is 1. The highest BCUT2D eigenvalue weighted by Crippen LogP contribution is 2.62. The van der Waals surface area contributed by atoms with Gasteiger partial charge in [0.15, 0.2) is 0 Å². The number of carbonyl (C=O) groups is 1. The molecule has 1 saturated heterocycles. The molecule has 0 aromatic rings. The van der Waals surface area contributed by atoms with Gasteiger partial charge in [0.25, 0.3) is 0 Å². The van der Waals surface area contributed by atoms with Crippen molar-refractivity contribution < 1.29 is 19.7 Å². The van der Waals surface area contributed by atoms with Gasteiger partial charge in [-0.2, -0.15) is 0 Å². The third-order valence-corrected chi connectivity index (χ3v) is 5.11. The standard InChI is InChI=1S/C12H20O4/c1-4-7-8(5-13)11(2)6-16-10(15)12(11,3)9(7)14/h7-9,13-14H,4-6H2,1-3H3/t7?,8?,9?,11-,12-/m1/s1. The molecule has 4 nitrogen and oxygen atoms in total. The Bertz CT molecular complexity index is 316. The van der Waals surface area contributed by atoms with Gasteiger partial charge in [0.1, 0.15) is 5.41 Å². The molecule has 0 bridgehead atoms. The molecule has 1 aliphatic heterocycles. The van der Waals surface area contributed by atoms with Crippen LogP contribution in [-0.2, 0) is 9.53 Å². The monoisotopic (exact) mass is 228 g/mol. The highest BCUT2D eigenvalue weighted by molar-refractivity contribution is 5.81. The normalized spacial score (nSPS) is 51.6. The SMILES string of the molecule is CCC1C(O)[C@]2(C)C(=O)OC[C@]2(C)C1CO. The van der Waals surface area contributed by atoms with Crippen molar-refractivity contribution in [3.05, 3.63) is 0 Å². The van der Waals surface area contributed by atoms with Crippen LogP contribution in [0.2, 0.25) is 0 Å². The van der Waals surface area contributed by atoms with Crippen LogP contribution in [0.15, 0.2) is 0 Å². The van der Waals surface area contributed by atoms with Gasteiger partial charge in [0.05, 0.1) is 12.7 Å². The Hall–Kier alpha value is -0.610. The molecule has 0 aromatic heterocycles. The molecule has 1 heterocycles. The van der Waals surface area contributed by atoms with E-state index in [9.17, 15) is 15.0 Å². The Morgan fingerprint density at radius 3 is 2.62 bits per heavy atom. The minimum atomic E-state index is -0.860. The maximum Gasteiger partial charge on any atom is 0.315 e. The van der Waals surface area contributed by atoms with E-state index in [1.165, 1.54) is 0 Å². The topological polar surface area (TPSA) is 66.8 Å². The number of rotatable bonds is 2. The van der Waals surface area contributed by atoms with Crippen LogP contribution in [0.4, 0.5) is 0 Å². The number of esters is 1. The first-order chi connectivity index (χ1) is 7.43. The van der Waals surface area contributed by atoms with E-state index in [0.717, 1.165) is 6.42 Å². The average Bonchev–Trinajstić information content (AvgIpc) is 2.59. The molecule has 16 heavy (non-hydrogen) atoms. The zero-order chi connectivity index (χ0) is 12.1. The van der Waals surface area contributed by atoms with Gasteiger partial charge in [-0.15, -0.1) is 0 Å². The van der Waals surface area contributed by atoms with Gasteiger partial charge in [-0.3, -0.25) is 4.79 Å². The molecule has 92 valence electrons. The van der Waals surface area contributed by atoms with Crippen molar-refractivity contribution >= 4 is 5.97 Å². The Balaban J connectivity index is 2.49. The number of carbonyl (C=O) groups excluding carboxylic acids is 1. The fourth-order valence-electron chi connectivity index (χ4n) is 3.66. The van der Waals surface area contributed by atoms with E-state index in [0.29, 0.717) is 6.61 Å². The van der Waals surface area contributed by atoms with E-state index < -0.39 is 16.9 Å². The van der Waals surface area contributed by atoms with Crippen LogP contribution in [0.5, 0.6) is 0 Å². The van der Waals surface area contributed by atoms with Crippen molar-refractivity contribution in [1.82, 2.24) is 0 Å². The summed E-state index contributed by atoms with van der Waals surface area (Å²) in [5.74, 6) is -0.409. The highest BCUT2D eigenvalue weighted by atomic mass is 16.5. The van der Waals surface area contributed by atoms with Gasteiger partial charge >= 0.3 is 5.97 Å². The summed E-state index contributed by atoms with van der Waals surface area (Å²) in [6, 6.07) is 0. The molecule has 2 N–H and O–H groups in total. The lowest BCUT2D eigenvalue weighted by atomic mass is 9.66. The number of fused-ring (bicyclic) bond motifs is 1. The van der Waals surface area contributed by atoms with Gasteiger partial charge in [-0.05, 0) is 18.8 Å². The van der Waals surface area contributed by atoms with Crippen molar-refractivity contribution in [2.24, 2.45) is 22.7 Å². The Morgan fingerprint density at radius 1 is 1.50 bits per heavy atom. The summed E-state index contributed by atoms with van der Waals surface area (Å²) in [6.45, 7) is 6.00. The van der Waals surface area contributed by atoms with E-state index in [2.05, 4.69) is 0 Å². The fourth-order valence-corrected chi connectivity index (χ4v) is 3.66. The highest BCUT2D eigenvalue weighted by Gasteiger charge is 2.71. The summed E-state index contributed by atoms with van der Waals surface area (Å²) in [4.78, 5) is 11.9. The molecule has 2 fully saturated rings. The third kappa shape index (κ3) is 1.04. The van der Waals surface area contributed by atoms with Crippen LogP contribution >= 0.6 is 0 Å². The maximum atomic E-state index is 11.9. The summed E-state index contributed by atoms with van der Waals surface area (Å²) in [5.41, 5.74) is -1.31. The van der Waals surface area contributed by atoms with E-state index in [1.54, 1.807) is 6.92 Å². The molecule has 0 amide bonds. The second-order valence-electron chi connectivity index (χ2n) is 5.50. The van der Waals surface area contributed by atoms with Gasteiger partial charge < -0.3 is 14.9 Å². The molecular weight excluding hydrogens is 208 g/mol. The number of hydrogen-bond donors (Lipinski definition) is 2.